The van der Waals surface area contributed by atoms with E-state index in [1.54, 1.807) is 6.92 Å². The van der Waals surface area contributed by atoms with Crippen LogP contribution in [0, 0.1) is 0 Å². The molecule has 1 aromatic rings. The first-order chi connectivity index (χ1) is 6.68. The summed E-state index contributed by atoms with van der Waals surface area (Å²) in [5.41, 5.74) is 0.940. The number of benzene rings is 1. The van der Waals surface area contributed by atoms with Crippen LogP contribution >= 0.6 is 12.2 Å². The van der Waals surface area contributed by atoms with Crippen molar-refractivity contribution >= 4 is 23.0 Å². The molecule has 0 spiro atoms. The van der Waals surface area contributed by atoms with Crippen molar-refractivity contribution in [1.29, 1.82) is 0 Å². The van der Waals surface area contributed by atoms with Gasteiger partial charge in [-0.3, -0.25) is 0 Å². The van der Waals surface area contributed by atoms with Crippen LogP contribution < -0.4 is 10.6 Å². The maximum absolute atomic E-state index is 9.02. The Kier molecular flexibility index (Phi) is 4.35. The topological polar surface area (TPSA) is 44.3 Å². The second-order valence-electron chi connectivity index (χ2n) is 3.05. The molecule has 1 atom stereocenters. The highest BCUT2D eigenvalue weighted by Crippen LogP contribution is 2.03. The fourth-order valence-electron chi connectivity index (χ4n) is 0.937. The molecule has 3 N–H and O–H groups in total. The van der Waals surface area contributed by atoms with Crippen molar-refractivity contribution in [3.63, 3.8) is 0 Å². The Morgan fingerprint density at radius 3 is 2.64 bits per heavy atom. The smallest absolute Gasteiger partial charge is 0.170 e. The van der Waals surface area contributed by atoms with Crippen molar-refractivity contribution in [2.45, 2.75) is 13.0 Å². The number of hydrogen-bond donors (Lipinski definition) is 3. The number of nitrogens with one attached hydrogen (secondary N) is 2. The second kappa shape index (κ2) is 5.57. The predicted molar refractivity (Wildman–Crippen MR) is 62.3 cm³/mol. The molecule has 1 rings (SSSR count). The summed E-state index contributed by atoms with van der Waals surface area (Å²) in [4.78, 5) is 0. The summed E-state index contributed by atoms with van der Waals surface area (Å²) in [7, 11) is 0. The molecule has 0 saturated heterocycles. The lowest BCUT2D eigenvalue weighted by Crippen LogP contribution is -2.33. The minimum absolute atomic E-state index is 0.398. The lowest BCUT2D eigenvalue weighted by atomic mass is 10.3. The number of rotatable bonds is 3. The van der Waals surface area contributed by atoms with E-state index < -0.39 is 6.10 Å². The van der Waals surface area contributed by atoms with Gasteiger partial charge in [-0.15, -0.1) is 0 Å². The summed E-state index contributed by atoms with van der Waals surface area (Å²) < 4.78 is 0. The molecular weight excluding hydrogens is 196 g/mol. The first-order valence-electron chi connectivity index (χ1n) is 4.46. The summed E-state index contributed by atoms with van der Waals surface area (Å²) in [6.07, 6.45) is -0.398. The fourth-order valence-corrected chi connectivity index (χ4v) is 1.14. The molecule has 3 nitrogen and oxygen atoms in total. The monoisotopic (exact) mass is 210 g/mol. The number of thiocarbonyl (C=S) groups is 1. The molecule has 0 bridgehead atoms. The fraction of sp³-hybridized carbons (Fsp3) is 0.300. The van der Waals surface area contributed by atoms with Gasteiger partial charge in [0.05, 0.1) is 6.10 Å². The first-order valence-corrected chi connectivity index (χ1v) is 4.87. The van der Waals surface area contributed by atoms with Crippen LogP contribution in [0.15, 0.2) is 30.3 Å². The maximum atomic E-state index is 9.02. The third-order valence-electron chi connectivity index (χ3n) is 1.59. The highest BCUT2D eigenvalue weighted by Gasteiger charge is 1.98. The Morgan fingerprint density at radius 1 is 1.43 bits per heavy atom. The van der Waals surface area contributed by atoms with Crippen molar-refractivity contribution in [2.75, 3.05) is 11.9 Å². The average Bonchev–Trinajstić information content (AvgIpc) is 2.16. The van der Waals surface area contributed by atoms with Gasteiger partial charge < -0.3 is 15.7 Å². The van der Waals surface area contributed by atoms with Crippen LogP contribution in [-0.4, -0.2) is 22.9 Å². The number of hydrogen-bond acceptors (Lipinski definition) is 2. The van der Waals surface area contributed by atoms with Gasteiger partial charge in [-0.05, 0) is 31.3 Å². The van der Waals surface area contributed by atoms with Crippen LogP contribution in [-0.2, 0) is 0 Å². The molecule has 0 heterocycles. The van der Waals surface area contributed by atoms with Gasteiger partial charge in [0.25, 0.3) is 0 Å². The SMILES string of the molecule is C[C@H](O)CNC(=S)Nc1ccccc1. The molecule has 0 saturated carbocycles. The second-order valence-corrected chi connectivity index (χ2v) is 3.46. The van der Waals surface area contributed by atoms with Crippen LogP contribution in [0.4, 0.5) is 5.69 Å². The average molecular weight is 210 g/mol. The first kappa shape index (κ1) is 10.9. The molecule has 0 radical (unpaired) electrons. The van der Waals surface area contributed by atoms with E-state index in [9.17, 15) is 0 Å². The van der Waals surface area contributed by atoms with Crippen LogP contribution in [0.3, 0.4) is 0 Å². The Hall–Kier alpha value is -1.13. The molecule has 14 heavy (non-hydrogen) atoms. The Balaban J connectivity index is 2.35. The van der Waals surface area contributed by atoms with Crippen LogP contribution in [0.1, 0.15) is 6.92 Å². The van der Waals surface area contributed by atoms with E-state index in [2.05, 4.69) is 10.6 Å². The zero-order chi connectivity index (χ0) is 10.4. The zero-order valence-corrected chi connectivity index (χ0v) is 8.84. The molecule has 4 heteroatoms. The van der Waals surface area contributed by atoms with Crippen molar-refractivity contribution in [3.05, 3.63) is 30.3 Å². The molecular formula is C10H14N2OS. The number of aliphatic hydroxyl groups excluding tert-OH is 1. The van der Waals surface area contributed by atoms with Gasteiger partial charge in [-0.2, -0.15) is 0 Å². The summed E-state index contributed by atoms with van der Waals surface area (Å²) in [6, 6.07) is 9.66. The molecule has 0 aliphatic rings. The Labute approximate surface area is 89.1 Å². The summed E-state index contributed by atoms with van der Waals surface area (Å²) in [5.74, 6) is 0. The minimum atomic E-state index is -0.398. The van der Waals surface area contributed by atoms with E-state index in [1.807, 2.05) is 30.3 Å². The van der Waals surface area contributed by atoms with E-state index in [4.69, 9.17) is 17.3 Å². The summed E-state index contributed by atoms with van der Waals surface area (Å²) in [5, 5.41) is 15.4. The van der Waals surface area contributed by atoms with E-state index in [0.29, 0.717) is 11.7 Å². The van der Waals surface area contributed by atoms with Gasteiger partial charge in [0, 0.05) is 12.2 Å². The number of anilines is 1. The van der Waals surface area contributed by atoms with E-state index in [1.165, 1.54) is 0 Å². The Morgan fingerprint density at radius 2 is 2.07 bits per heavy atom. The normalized spacial score (nSPS) is 11.9. The Bertz CT molecular complexity index is 287. The third-order valence-corrected chi connectivity index (χ3v) is 1.84. The zero-order valence-electron chi connectivity index (χ0n) is 8.03. The van der Waals surface area contributed by atoms with Crippen LogP contribution in [0.5, 0.6) is 0 Å². The molecule has 0 aromatic heterocycles. The largest absolute Gasteiger partial charge is 0.392 e. The predicted octanol–water partition coefficient (Wildman–Crippen LogP) is 1.35. The molecule has 0 fully saturated rings. The quantitative estimate of drug-likeness (QED) is 0.659. The van der Waals surface area contributed by atoms with E-state index in [0.717, 1.165) is 5.69 Å². The van der Waals surface area contributed by atoms with E-state index >= 15 is 0 Å². The van der Waals surface area contributed by atoms with Crippen molar-refractivity contribution in [2.24, 2.45) is 0 Å². The molecule has 0 aliphatic heterocycles. The number of aliphatic hydroxyl groups is 1. The van der Waals surface area contributed by atoms with E-state index in [-0.39, 0.29) is 0 Å². The number of para-hydroxylation sites is 1. The molecule has 76 valence electrons. The molecule has 1 aromatic carbocycles. The lowest BCUT2D eigenvalue weighted by Gasteiger charge is -2.11. The molecule has 0 unspecified atom stereocenters. The highest BCUT2D eigenvalue weighted by molar-refractivity contribution is 7.80. The molecule has 0 aliphatic carbocycles. The van der Waals surface area contributed by atoms with Gasteiger partial charge in [0.1, 0.15) is 0 Å². The van der Waals surface area contributed by atoms with Crippen LogP contribution in [0.2, 0.25) is 0 Å². The lowest BCUT2D eigenvalue weighted by molar-refractivity contribution is 0.198. The van der Waals surface area contributed by atoms with Crippen molar-refractivity contribution in [1.82, 2.24) is 5.32 Å². The van der Waals surface area contributed by atoms with Gasteiger partial charge in [0.2, 0.25) is 0 Å². The minimum Gasteiger partial charge on any atom is -0.392 e. The highest BCUT2D eigenvalue weighted by atomic mass is 32.1. The van der Waals surface area contributed by atoms with Crippen molar-refractivity contribution < 1.29 is 5.11 Å². The summed E-state index contributed by atoms with van der Waals surface area (Å²) >= 11 is 5.02. The third kappa shape index (κ3) is 4.20. The van der Waals surface area contributed by atoms with Gasteiger partial charge in [-0.1, -0.05) is 18.2 Å². The maximum Gasteiger partial charge on any atom is 0.170 e. The van der Waals surface area contributed by atoms with Crippen LogP contribution in [0.25, 0.3) is 0 Å². The standard InChI is InChI=1S/C10H14N2OS/c1-8(13)7-11-10(14)12-9-5-3-2-4-6-9/h2-6,8,13H,7H2,1H3,(H2,11,12,14)/t8-/m0/s1. The molecule has 0 amide bonds. The van der Waals surface area contributed by atoms with Gasteiger partial charge in [-0.25, -0.2) is 0 Å². The summed E-state index contributed by atoms with van der Waals surface area (Å²) in [6.45, 7) is 2.16. The van der Waals surface area contributed by atoms with Crippen molar-refractivity contribution in [3.8, 4) is 0 Å². The van der Waals surface area contributed by atoms with Gasteiger partial charge >= 0.3 is 0 Å². The van der Waals surface area contributed by atoms with Gasteiger partial charge in [0.15, 0.2) is 5.11 Å².